The maximum Gasteiger partial charge on any atom is 0.325 e. The smallest absolute Gasteiger partial charge is 0.325 e. The number of anilines is 1. The summed E-state index contributed by atoms with van der Waals surface area (Å²) in [7, 11) is 0. The largest absolute Gasteiger partial charge is 0.325 e. The van der Waals surface area contributed by atoms with E-state index in [0.29, 0.717) is 11.3 Å². The van der Waals surface area contributed by atoms with Crippen LogP contribution in [0.4, 0.5) is 19.3 Å². The molecule has 0 saturated carbocycles. The van der Waals surface area contributed by atoms with Crippen LogP contribution in [0.1, 0.15) is 12.5 Å². The van der Waals surface area contributed by atoms with Gasteiger partial charge in [-0.25, -0.2) is 13.6 Å². The Kier molecular flexibility index (Phi) is 4.41. The van der Waals surface area contributed by atoms with Gasteiger partial charge in [0.1, 0.15) is 23.7 Å². The average molecular weight is 359 g/mol. The molecule has 1 saturated heterocycles. The van der Waals surface area contributed by atoms with Gasteiger partial charge in [-0.15, -0.1) is 0 Å². The molecule has 2 aromatic carbocycles. The van der Waals surface area contributed by atoms with Crippen LogP contribution in [-0.2, 0) is 15.1 Å². The Bertz CT molecular complexity index is 868. The Balaban J connectivity index is 1.73. The van der Waals surface area contributed by atoms with E-state index < -0.39 is 41.6 Å². The van der Waals surface area contributed by atoms with E-state index in [0.717, 1.165) is 4.90 Å². The summed E-state index contributed by atoms with van der Waals surface area (Å²) >= 11 is 0. The monoisotopic (exact) mass is 359 g/mol. The maximum atomic E-state index is 13.1. The summed E-state index contributed by atoms with van der Waals surface area (Å²) in [4.78, 5) is 37.7. The van der Waals surface area contributed by atoms with Gasteiger partial charge in [0.25, 0.3) is 5.91 Å². The number of urea groups is 1. The van der Waals surface area contributed by atoms with Gasteiger partial charge in [-0.2, -0.15) is 0 Å². The standard InChI is InChI=1S/C18H15F2N3O3/c1-18(11-2-4-12(19)5-3-11)16(25)23(17(26)22-18)10-15(24)21-14-8-6-13(20)7-9-14/h2-9H,10H2,1H3,(H,21,24)(H,22,26). The molecule has 0 radical (unpaired) electrons. The second kappa shape index (κ2) is 6.55. The molecule has 2 aromatic rings. The van der Waals surface area contributed by atoms with E-state index in [1.165, 1.54) is 55.5 Å². The number of nitrogens with one attached hydrogen (secondary N) is 2. The minimum absolute atomic E-state index is 0.338. The van der Waals surface area contributed by atoms with E-state index in [9.17, 15) is 23.2 Å². The number of carbonyl (C=O) groups is 3. The molecule has 0 aliphatic carbocycles. The van der Waals surface area contributed by atoms with Crippen molar-refractivity contribution >= 4 is 23.5 Å². The molecule has 0 bridgehead atoms. The fraction of sp³-hybridized carbons (Fsp3) is 0.167. The van der Waals surface area contributed by atoms with E-state index in [1.54, 1.807) is 0 Å². The number of imide groups is 1. The van der Waals surface area contributed by atoms with E-state index in [2.05, 4.69) is 10.6 Å². The first-order valence-corrected chi connectivity index (χ1v) is 7.75. The van der Waals surface area contributed by atoms with E-state index >= 15 is 0 Å². The lowest BCUT2D eigenvalue weighted by molar-refractivity contribution is -0.133. The van der Waals surface area contributed by atoms with Crippen LogP contribution in [0, 0.1) is 11.6 Å². The lowest BCUT2D eigenvalue weighted by atomic mass is 9.92. The molecule has 8 heteroatoms. The van der Waals surface area contributed by atoms with Crippen molar-refractivity contribution in [1.82, 2.24) is 10.2 Å². The summed E-state index contributed by atoms with van der Waals surface area (Å²) in [6.45, 7) is 0.983. The molecular formula is C18H15F2N3O3. The molecule has 0 spiro atoms. The van der Waals surface area contributed by atoms with E-state index in [4.69, 9.17) is 0 Å². The lowest BCUT2D eigenvalue weighted by Crippen LogP contribution is -2.42. The molecule has 1 aliphatic rings. The minimum Gasteiger partial charge on any atom is -0.325 e. The molecule has 1 aliphatic heterocycles. The van der Waals surface area contributed by atoms with Crippen molar-refractivity contribution in [2.45, 2.75) is 12.5 Å². The molecule has 1 atom stereocenters. The minimum atomic E-state index is -1.39. The van der Waals surface area contributed by atoms with Crippen LogP contribution in [0.25, 0.3) is 0 Å². The normalized spacial score (nSPS) is 19.4. The second-order valence-electron chi connectivity index (χ2n) is 6.01. The van der Waals surface area contributed by atoms with Gasteiger partial charge in [0.2, 0.25) is 5.91 Å². The summed E-state index contributed by atoms with van der Waals surface area (Å²) in [6.07, 6.45) is 0. The summed E-state index contributed by atoms with van der Waals surface area (Å²) in [5.74, 6) is -2.15. The molecule has 6 nitrogen and oxygen atoms in total. The van der Waals surface area contributed by atoms with Crippen molar-refractivity contribution in [3.63, 3.8) is 0 Å². The first-order chi connectivity index (χ1) is 12.3. The number of amides is 4. The number of hydrogen-bond acceptors (Lipinski definition) is 3. The summed E-state index contributed by atoms with van der Waals surface area (Å²) < 4.78 is 26.0. The van der Waals surface area contributed by atoms with Crippen molar-refractivity contribution in [3.8, 4) is 0 Å². The van der Waals surface area contributed by atoms with Gasteiger partial charge in [-0.05, 0) is 48.9 Å². The molecule has 0 aromatic heterocycles. The van der Waals surface area contributed by atoms with Gasteiger partial charge < -0.3 is 10.6 Å². The van der Waals surface area contributed by atoms with Gasteiger partial charge in [-0.3, -0.25) is 14.5 Å². The summed E-state index contributed by atoms with van der Waals surface area (Å²) in [5.41, 5.74) is -0.649. The lowest BCUT2D eigenvalue weighted by Gasteiger charge is -2.22. The Morgan fingerprint density at radius 1 is 1.04 bits per heavy atom. The van der Waals surface area contributed by atoms with Gasteiger partial charge in [0.15, 0.2) is 0 Å². The Hall–Kier alpha value is -3.29. The summed E-state index contributed by atoms with van der Waals surface area (Å²) in [5, 5.41) is 5.01. The van der Waals surface area contributed by atoms with Crippen LogP contribution >= 0.6 is 0 Å². The van der Waals surface area contributed by atoms with Gasteiger partial charge in [0.05, 0.1) is 0 Å². The quantitative estimate of drug-likeness (QED) is 0.823. The van der Waals surface area contributed by atoms with Crippen LogP contribution in [0.5, 0.6) is 0 Å². The molecule has 1 fully saturated rings. The molecule has 134 valence electrons. The Morgan fingerprint density at radius 3 is 2.15 bits per heavy atom. The van der Waals surface area contributed by atoms with Gasteiger partial charge >= 0.3 is 6.03 Å². The second-order valence-corrected chi connectivity index (χ2v) is 6.01. The van der Waals surface area contributed by atoms with Crippen molar-refractivity contribution in [1.29, 1.82) is 0 Å². The third kappa shape index (κ3) is 3.26. The van der Waals surface area contributed by atoms with Crippen molar-refractivity contribution in [2.24, 2.45) is 0 Å². The van der Waals surface area contributed by atoms with Gasteiger partial charge in [-0.1, -0.05) is 12.1 Å². The fourth-order valence-electron chi connectivity index (χ4n) is 2.70. The highest BCUT2D eigenvalue weighted by atomic mass is 19.1. The van der Waals surface area contributed by atoms with Crippen LogP contribution in [-0.4, -0.2) is 29.3 Å². The number of rotatable bonds is 4. The first kappa shape index (κ1) is 17.5. The average Bonchev–Trinajstić information content (AvgIpc) is 2.82. The molecule has 1 unspecified atom stereocenters. The topological polar surface area (TPSA) is 78.5 Å². The maximum absolute atomic E-state index is 13.1. The SMILES string of the molecule is CC1(c2ccc(F)cc2)NC(=O)N(CC(=O)Nc2ccc(F)cc2)C1=O. The number of nitrogens with zero attached hydrogens (tertiary/aromatic N) is 1. The van der Waals surface area contributed by atoms with Crippen molar-refractivity contribution < 1.29 is 23.2 Å². The Morgan fingerprint density at radius 2 is 1.58 bits per heavy atom. The fourth-order valence-corrected chi connectivity index (χ4v) is 2.70. The summed E-state index contributed by atoms with van der Waals surface area (Å²) in [6, 6.07) is 9.52. The zero-order valence-corrected chi connectivity index (χ0v) is 13.8. The predicted molar refractivity (Wildman–Crippen MR) is 89.0 cm³/mol. The molecule has 4 amide bonds. The molecule has 2 N–H and O–H groups in total. The highest BCUT2D eigenvalue weighted by Gasteiger charge is 2.49. The zero-order valence-electron chi connectivity index (χ0n) is 13.8. The number of halogens is 2. The van der Waals surface area contributed by atoms with Gasteiger partial charge in [0, 0.05) is 5.69 Å². The predicted octanol–water partition coefficient (Wildman–Crippen LogP) is 2.37. The van der Waals surface area contributed by atoms with Crippen LogP contribution in [0.2, 0.25) is 0 Å². The highest BCUT2D eigenvalue weighted by Crippen LogP contribution is 2.28. The van der Waals surface area contributed by atoms with Crippen LogP contribution in [0.15, 0.2) is 48.5 Å². The van der Waals surface area contributed by atoms with Crippen molar-refractivity contribution in [2.75, 3.05) is 11.9 Å². The molecular weight excluding hydrogens is 344 g/mol. The number of carbonyl (C=O) groups excluding carboxylic acids is 3. The number of hydrogen-bond donors (Lipinski definition) is 2. The Labute approximate surface area is 147 Å². The van der Waals surface area contributed by atoms with E-state index in [1.807, 2.05) is 0 Å². The zero-order chi connectivity index (χ0) is 18.9. The first-order valence-electron chi connectivity index (χ1n) is 7.75. The molecule has 3 rings (SSSR count). The van der Waals surface area contributed by atoms with E-state index in [-0.39, 0.29) is 0 Å². The third-order valence-corrected chi connectivity index (χ3v) is 4.13. The highest BCUT2D eigenvalue weighted by molar-refractivity contribution is 6.10. The molecule has 1 heterocycles. The van der Waals surface area contributed by atoms with Crippen molar-refractivity contribution in [3.05, 3.63) is 65.7 Å². The van der Waals surface area contributed by atoms with Crippen LogP contribution < -0.4 is 10.6 Å². The molecule has 26 heavy (non-hydrogen) atoms. The van der Waals surface area contributed by atoms with Crippen LogP contribution in [0.3, 0.4) is 0 Å². The third-order valence-electron chi connectivity index (χ3n) is 4.13. The number of benzene rings is 2.